The van der Waals surface area contributed by atoms with Gasteiger partial charge < -0.3 is 10.4 Å². The van der Waals surface area contributed by atoms with Crippen molar-refractivity contribution in [3.05, 3.63) is 46.3 Å². The van der Waals surface area contributed by atoms with E-state index in [4.69, 9.17) is 5.11 Å². The van der Waals surface area contributed by atoms with Gasteiger partial charge in [-0.2, -0.15) is 4.39 Å². The molecule has 2 atom stereocenters. The van der Waals surface area contributed by atoms with Crippen molar-refractivity contribution in [1.82, 2.24) is 0 Å². The Morgan fingerprint density at radius 1 is 1.27 bits per heavy atom. The fraction of sp³-hybridized carbons (Fsp3) is 0.286. The van der Waals surface area contributed by atoms with Crippen molar-refractivity contribution in [2.75, 3.05) is 5.32 Å². The number of halogens is 1. The number of carboxylic acids is 1. The highest BCUT2D eigenvalue weighted by Gasteiger charge is 2.34. The number of nitro benzene ring substituents is 1. The first-order valence-electron chi connectivity index (χ1n) is 6.52. The Labute approximate surface area is 124 Å². The molecule has 116 valence electrons. The summed E-state index contributed by atoms with van der Waals surface area (Å²) in [6, 6.07) is 2.97. The number of hydrogen-bond donors (Lipinski definition) is 2. The summed E-state index contributed by atoms with van der Waals surface area (Å²) in [5.41, 5.74) is -0.701. The van der Waals surface area contributed by atoms with Crippen LogP contribution in [0, 0.1) is 27.8 Å². The minimum absolute atomic E-state index is 0.0526. The number of allylic oxidation sites excluding steroid dienone is 2. The summed E-state index contributed by atoms with van der Waals surface area (Å²) >= 11 is 0. The van der Waals surface area contributed by atoms with E-state index in [1.807, 2.05) is 0 Å². The number of carbonyl (C=O) groups excluding carboxylic acids is 1. The number of carboxylic acid groups (broad SMARTS) is 1. The van der Waals surface area contributed by atoms with E-state index in [9.17, 15) is 24.1 Å². The van der Waals surface area contributed by atoms with Crippen LogP contribution in [0.1, 0.15) is 12.8 Å². The first-order valence-corrected chi connectivity index (χ1v) is 6.52. The minimum Gasteiger partial charge on any atom is -0.481 e. The first kappa shape index (κ1) is 15.6. The standard InChI is InChI=1S/C14H13FN2O5/c15-11-6-5-8(7-12(11)17(21)22)16-13(18)9-3-1-2-4-10(9)14(19)20/h1-2,5-7,9-10H,3-4H2,(H,16,18)(H,19,20)/t9-,10+/m1/s1. The smallest absolute Gasteiger partial charge is 0.307 e. The van der Waals surface area contributed by atoms with E-state index in [-0.39, 0.29) is 18.5 Å². The van der Waals surface area contributed by atoms with Crippen LogP contribution < -0.4 is 5.32 Å². The zero-order chi connectivity index (χ0) is 16.3. The second-order valence-corrected chi connectivity index (χ2v) is 4.91. The molecule has 1 aromatic rings. The van der Waals surface area contributed by atoms with Crippen LogP contribution in [0.25, 0.3) is 0 Å². The van der Waals surface area contributed by atoms with Gasteiger partial charge in [0.1, 0.15) is 0 Å². The van der Waals surface area contributed by atoms with E-state index in [1.165, 1.54) is 6.07 Å². The number of nitrogens with zero attached hydrogens (tertiary/aromatic N) is 1. The average Bonchev–Trinajstić information content (AvgIpc) is 2.48. The molecule has 1 aliphatic carbocycles. The van der Waals surface area contributed by atoms with Crippen LogP contribution in [0.3, 0.4) is 0 Å². The number of nitrogens with one attached hydrogen (secondary N) is 1. The summed E-state index contributed by atoms with van der Waals surface area (Å²) in [5, 5.41) is 22.2. The molecule has 22 heavy (non-hydrogen) atoms. The van der Waals surface area contributed by atoms with E-state index >= 15 is 0 Å². The third-order valence-electron chi connectivity index (χ3n) is 3.50. The molecular formula is C14H13FN2O5. The van der Waals surface area contributed by atoms with Crippen LogP contribution in [0.2, 0.25) is 0 Å². The number of rotatable bonds is 4. The van der Waals surface area contributed by atoms with Gasteiger partial charge in [0.05, 0.1) is 16.8 Å². The molecule has 7 nitrogen and oxygen atoms in total. The summed E-state index contributed by atoms with van der Waals surface area (Å²) < 4.78 is 13.2. The fourth-order valence-electron chi connectivity index (χ4n) is 2.34. The van der Waals surface area contributed by atoms with Crippen molar-refractivity contribution in [3.63, 3.8) is 0 Å². The van der Waals surface area contributed by atoms with E-state index in [0.29, 0.717) is 0 Å². The van der Waals surface area contributed by atoms with Gasteiger partial charge >= 0.3 is 11.7 Å². The summed E-state index contributed by atoms with van der Waals surface area (Å²) in [7, 11) is 0. The summed E-state index contributed by atoms with van der Waals surface area (Å²) in [5.74, 6) is -4.26. The van der Waals surface area contributed by atoms with Crippen molar-refractivity contribution in [2.24, 2.45) is 11.8 Å². The molecule has 2 rings (SSSR count). The Morgan fingerprint density at radius 3 is 2.50 bits per heavy atom. The maximum Gasteiger partial charge on any atom is 0.307 e. The van der Waals surface area contributed by atoms with E-state index in [1.54, 1.807) is 12.2 Å². The second kappa shape index (κ2) is 6.33. The number of nitro groups is 1. The number of benzene rings is 1. The fourth-order valence-corrected chi connectivity index (χ4v) is 2.34. The van der Waals surface area contributed by atoms with Crippen LogP contribution in [0.5, 0.6) is 0 Å². The normalized spacial score (nSPS) is 20.4. The van der Waals surface area contributed by atoms with Gasteiger partial charge in [-0.25, -0.2) is 0 Å². The molecule has 0 spiro atoms. The van der Waals surface area contributed by atoms with Crippen LogP contribution in [0.15, 0.2) is 30.4 Å². The monoisotopic (exact) mass is 308 g/mol. The first-order chi connectivity index (χ1) is 10.4. The van der Waals surface area contributed by atoms with Gasteiger partial charge in [0.25, 0.3) is 0 Å². The minimum atomic E-state index is -1.07. The van der Waals surface area contributed by atoms with Crippen molar-refractivity contribution in [1.29, 1.82) is 0 Å². The highest BCUT2D eigenvalue weighted by Crippen LogP contribution is 2.28. The lowest BCUT2D eigenvalue weighted by Gasteiger charge is -2.24. The average molecular weight is 308 g/mol. The quantitative estimate of drug-likeness (QED) is 0.504. The zero-order valence-corrected chi connectivity index (χ0v) is 11.4. The van der Waals surface area contributed by atoms with Gasteiger partial charge in [-0.15, -0.1) is 0 Å². The highest BCUT2D eigenvalue weighted by molar-refractivity contribution is 5.95. The summed E-state index contributed by atoms with van der Waals surface area (Å²) in [6.07, 6.45) is 3.94. The van der Waals surface area contributed by atoms with Gasteiger partial charge in [0.2, 0.25) is 11.7 Å². The Bertz CT molecular complexity index is 659. The van der Waals surface area contributed by atoms with Crippen molar-refractivity contribution in [2.45, 2.75) is 12.8 Å². The lowest BCUT2D eigenvalue weighted by molar-refractivity contribution is -0.387. The van der Waals surface area contributed by atoms with Crippen LogP contribution in [-0.2, 0) is 9.59 Å². The van der Waals surface area contributed by atoms with Gasteiger partial charge in [0, 0.05) is 11.8 Å². The number of anilines is 1. The van der Waals surface area contributed by atoms with Crippen LogP contribution in [-0.4, -0.2) is 21.9 Å². The topological polar surface area (TPSA) is 110 Å². The predicted molar refractivity (Wildman–Crippen MR) is 74.7 cm³/mol. The molecule has 8 heteroatoms. The number of aliphatic carboxylic acids is 1. The zero-order valence-electron chi connectivity index (χ0n) is 11.4. The number of carbonyl (C=O) groups is 2. The molecule has 2 N–H and O–H groups in total. The highest BCUT2D eigenvalue weighted by atomic mass is 19.1. The Balaban J connectivity index is 2.18. The molecule has 0 aromatic heterocycles. The lowest BCUT2D eigenvalue weighted by Crippen LogP contribution is -2.34. The molecule has 0 saturated heterocycles. The third kappa shape index (κ3) is 3.27. The molecule has 0 saturated carbocycles. The molecule has 0 radical (unpaired) electrons. The predicted octanol–water partition coefficient (Wildman–Crippen LogP) is 2.34. The van der Waals surface area contributed by atoms with Crippen molar-refractivity contribution >= 4 is 23.3 Å². The number of hydrogen-bond acceptors (Lipinski definition) is 4. The molecule has 1 amide bonds. The summed E-state index contributed by atoms with van der Waals surface area (Å²) in [4.78, 5) is 33.1. The van der Waals surface area contributed by atoms with Gasteiger partial charge in [-0.1, -0.05) is 12.2 Å². The SMILES string of the molecule is O=C(O)[C@H]1CC=CC[C@H]1C(=O)Nc1ccc(F)c([N+](=O)[O-])c1. The van der Waals surface area contributed by atoms with E-state index in [0.717, 1.165) is 12.1 Å². The molecule has 0 fully saturated rings. The Kier molecular flexibility index (Phi) is 4.50. The number of amides is 1. The van der Waals surface area contributed by atoms with E-state index < -0.39 is 40.1 Å². The molecule has 0 bridgehead atoms. The van der Waals surface area contributed by atoms with Gasteiger partial charge in [-0.05, 0) is 25.0 Å². The third-order valence-corrected chi connectivity index (χ3v) is 3.50. The maximum atomic E-state index is 13.2. The molecule has 0 heterocycles. The molecule has 0 aliphatic heterocycles. The van der Waals surface area contributed by atoms with Crippen molar-refractivity contribution < 1.29 is 24.0 Å². The molecule has 1 aromatic carbocycles. The molecule has 1 aliphatic rings. The molecular weight excluding hydrogens is 295 g/mol. The van der Waals surface area contributed by atoms with Crippen LogP contribution >= 0.6 is 0 Å². The summed E-state index contributed by atoms with van der Waals surface area (Å²) in [6.45, 7) is 0. The maximum absolute atomic E-state index is 13.2. The molecule has 0 unspecified atom stereocenters. The lowest BCUT2D eigenvalue weighted by atomic mass is 9.82. The van der Waals surface area contributed by atoms with Crippen molar-refractivity contribution in [3.8, 4) is 0 Å². The second-order valence-electron chi connectivity index (χ2n) is 4.91. The van der Waals surface area contributed by atoms with Gasteiger partial charge in [-0.3, -0.25) is 19.7 Å². The largest absolute Gasteiger partial charge is 0.481 e. The Morgan fingerprint density at radius 2 is 1.91 bits per heavy atom. The Hall–Kier alpha value is -2.77. The van der Waals surface area contributed by atoms with E-state index in [2.05, 4.69) is 5.32 Å². The van der Waals surface area contributed by atoms with Gasteiger partial charge in [0.15, 0.2) is 0 Å². The van der Waals surface area contributed by atoms with Crippen LogP contribution in [0.4, 0.5) is 15.8 Å².